The molecule has 0 N–H and O–H groups in total. The molecule has 1 aliphatic carbocycles. The topological polar surface area (TPSA) is 0 Å². The molecule has 42 valence electrons. The van der Waals surface area contributed by atoms with Gasteiger partial charge in [-0.25, -0.2) is 0 Å². The van der Waals surface area contributed by atoms with Crippen molar-refractivity contribution < 1.29 is 0 Å². The fraction of sp³-hybridized carbons (Fsp3) is 0.333. The molecule has 1 aliphatic rings. The highest BCUT2D eigenvalue weighted by Gasteiger charge is 1.95. The minimum absolute atomic E-state index is 1.20. The van der Waals surface area contributed by atoms with Gasteiger partial charge in [0.2, 0.25) is 0 Å². The average molecular weight is 171 g/mol. The first-order chi connectivity index (χ1) is 3.79. The van der Waals surface area contributed by atoms with Crippen LogP contribution in [0.2, 0.25) is 0 Å². The van der Waals surface area contributed by atoms with Crippen LogP contribution in [0, 0.1) is 0 Å². The highest BCUT2D eigenvalue weighted by molar-refractivity contribution is 9.11. The van der Waals surface area contributed by atoms with E-state index in [0.717, 1.165) is 0 Å². The molecule has 0 saturated heterocycles. The summed E-state index contributed by atoms with van der Waals surface area (Å²) in [7, 11) is 2.16. The number of allylic oxidation sites excluding steroid dienone is 4. The van der Waals surface area contributed by atoms with Crippen LogP contribution >= 0.6 is 15.9 Å². The number of halogens is 1. The maximum Gasteiger partial charge on any atom is 0.133 e. The predicted molar refractivity (Wildman–Crippen MR) is 42.9 cm³/mol. The molecule has 0 radical (unpaired) electrons. The van der Waals surface area contributed by atoms with Crippen molar-refractivity contribution in [2.24, 2.45) is 0 Å². The van der Waals surface area contributed by atoms with E-state index < -0.39 is 0 Å². The minimum atomic E-state index is 1.20. The molecule has 0 spiro atoms. The van der Waals surface area contributed by atoms with Crippen molar-refractivity contribution in [2.75, 3.05) is 0 Å². The summed E-state index contributed by atoms with van der Waals surface area (Å²) in [6.07, 6.45) is 6.80. The first-order valence-electron chi connectivity index (χ1n) is 2.82. The first-order valence-corrected chi connectivity index (χ1v) is 3.61. The lowest BCUT2D eigenvalue weighted by atomic mass is 9.88. The molecule has 0 saturated carbocycles. The Morgan fingerprint density at radius 1 is 1.62 bits per heavy atom. The minimum Gasteiger partial charge on any atom is -0.109 e. The van der Waals surface area contributed by atoms with Gasteiger partial charge >= 0.3 is 0 Å². The Balaban J connectivity index is 2.69. The number of rotatable bonds is 0. The summed E-state index contributed by atoms with van der Waals surface area (Å²) in [6.45, 7) is 0. The second-order valence-electron chi connectivity index (χ2n) is 2.12. The van der Waals surface area contributed by atoms with Crippen LogP contribution in [0.4, 0.5) is 0 Å². The molecular formula is C6H8BBr. The van der Waals surface area contributed by atoms with Crippen molar-refractivity contribution in [3.05, 3.63) is 22.1 Å². The maximum absolute atomic E-state index is 3.41. The standard InChI is InChI=1S/C6H8BBr/c7-5-2-1-3-6(8)4-5/h3-4H,1-2,7H2. The number of hydrogen-bond donors (Lipinski definition) is 0. The summed E-state index contributed by atoms with van der Waals surface area (Å²) < 4.78 is 1.24. The zero-order valence-corrected chi connectivity index (χ0v) is 6.53. The van der Waals surface area contributed by atoms with Gasteiger partial charge in [-0.15, -0.1) is 5.47 Å². The maximum atomic E-state index is 3.41. The van der Waals surface area contributed by atoms with Gasteiger partial charge in [0.1, 0.15) is 7.85 Å². The van der Waals surface area contributed by atoms with Gasteiger partial charge in [-0.1, -0.05) is 28.1 Å². The van der Waals surface area contributed by atoms with Gasteiger partial charge < -0.3 is 0 Å². The average Bonchev–Trinajstić information content (AvgIpc) is 1.64. The molecule has 0 aromatic heterocycles. The summed E-state index contributed by atoms with van der Waals surface area (Å²) in [5, 5.41) is 0. The summed E-state index contributed by atoms with van der Waals surface area (Å²) in [6, 6.07) is 0. The SMILES string of the molecule is BC1=CC(Br)=CCC1. The molecule has 8 heavy (non-hydrogen) atoms. The molecule has 0 atom stereocenters. The quantitative estimate of drug-likeness (QED) is 0.485. The van der Waals surface area contributed by atoms with Crippen LogP contribution in [0.3, 0.4) is 0 Å². The normalized spacial score (nSPS) is 19.6. The molecule has 0 aliphatic heterocycles. The zero-order valence-electron chi connectivity index (χ0n) is 4.95. The third-order valence-electron chi connectivity index (χ3n) is 1.26. The van der Waals surface area contributed by atoms with Crippen LogP contribution < -0.4 is 0 Å². The Hall–Kier alpha value is 0.0249. The molecule has 0 heterocycles. The van der Waals surface area contributed by atoms with E-state index in [9.17, 15) is 0 Å². The predicted octanol–water partition coefficient (Wildman–Crippen LogP) is 1.58. The van der Waals surface area contributed by atoms with Crippen LogP contribution in [-0.2, 0) is 0 Å². The monoisotopic (exact) mass is 170 g/mol. The summed E-state index contributed by atoms with van der Waals surface area (Å²) in [5.41, 5.74) is 1.47. The molecule has 2 heteroatoms. The van der Waals surface area contributed by atoms with Crippen molar-refractivity contribution >= 4 is 23.8 Å². The lowest BCUT2D eigenvalue weighted by Crippen LogP contribution is -1.86. The molecule has 0 aromatic carbocycles. The Morgan fingerprint density at radius 3 is 2.75 bits per heavy atom. The van der Waals surface area contributed by atoms with Gasteiger partial charge in [0.15, 0.2) is 0 Å². The van der Waals surface area contributed by atoms with Gasteiger partial charge in [-0.3, -0.25) is 0 Å². The summed E-state index contributed by atoms with van der Waals surface area (Å²) in [5.74, 6) is 0. The Labute approximate surface area is 59.2 Å². The van der Waals surface area contributed by atoms with E-state index in [1.54, 1.807) is 0 Å². The van der Waals surface area contributed by atoms with Gasteiger partial charge in [0.25, 0.3) is 0 Å². The van der Waals surface area contributed by atoms with E-state index in [0.29, 0.717) is 0 Å². The third-order valence-corrected chi connectivity index (χ3v) is 1.81. The Morgan fingerprint density at radius 2 is 2.38 bits per heavy atom. The van der Waals surface area contributed by atoms with Crippen LogP contribution in [0.1, 0.15) is 12.8 Å². The van der Waals surface area contributed by atoms with E-state index in [1.165, 1.54) is 22.8 Å². The Bertz CT molecular complexity index is 147. The highest BCUT2D eigenvalue weighted by Crippen LogP contribution is 2.18. The van der Waals surface area contributed by atoms with Gasteiger partial charge in [0.05, 0.1) is 0 Å². The molecule has 0 nitrogen and oxygen atoms in total. The molecule has 0 bridgehead atoms. The second kappa shape index (κ2) is 2.54. The molecule has 0 amide bonds. The lowest BCUT2D eigenvalue weighted by molar-refractivity contribution is 1.01. The van der Waals surface area contributed by atoms with Crippen LogP contribution in [0.5, 0.6) is 0 Å². The van der Waals surface area contributed by atoms with E-state index in [-0.39, 0.29) is 0 Å². The van der Waals surface area contributed by atoms with Crippen molar-refractivity contribution in [1.82, 2.24) is 0 Å². The zero-order chi connectivity index (χ0) is 5.98. The molecule has 1 rings (SSSR count). The smallest absolute Gasteiger partial charge is 0.109 e. The second-order valence-corrected chi connectivity index (χ2v) is 3.03. The third kappa shape index (κ3) is 1.51. The molecule has 0 unspecified atom stereocenters. The van der Waals surface area contributed by atoms with E-state index >= 15 is 0 Å². The molecule has 0 aromatic rings. The van der Waals surface area contributed by atoms with Crippen LogP contribution in [-0.4, -0.2) is 7.85 Å². The van der Waals surface area contributed by atoms with E-state index in [1.807, 2.05) is 0 Å². The fourth-order valence-corrected chi connectivity index (χ4v) is 1.42. The summed E-state index contributed by atoms with van der Waals surface area (Å²) in [4.78, 5) is 0. The van der Waals surface area contributed by atoms with E-state index in [2.05, 4.69) is 35.9 Å². The first kappa shape index (κ1) is 6.15. The Kier molecular flexibility index (Phi) is 1.95. The van der Waals surface area contributed by atoms with Gasteiger partial charge in [-0.05, 0) is 12.8 Å². The molecule has 0 fully saturated rings. The van der Waals surface area contributed by atoms with Crippen molar-refractivity contribution in [3.63, 3.8) is 0 Å². The fourth-order valence-electron chi connectivity index (χ4n) is 0.804. The largest absolute Gasteiger partial charge is 0.133 e. The van der Waals surface area contributed by atoms with Crippen molar-refractivity contribution in [2.45, 2.75) is 12.8 Å². The highest BCUT2D eigenvalue weighted by atomic mass is 79.9. The summed E-state index contributed by atoms with van der Waals surface area (Å²) >= 11 is 3.41. The van der Waals surface area contributed by atoms with Gasteiger partial charge in [0, 0.05) is 4.48 Å². The van der Waals surface area contributed by atoms with Crippen LogP contribution in [0.25, 0.3) is 0 Å². The van der Waals surface area contributed by atoms with Crippen LogP contribution in [0.15, 0.2) is 22.1 Å². The van der Waals surface area contributed by atoms with E-state index in [4.69, 9.17) is 0 Å². The van der Waals surface area contributed by atoms with Crippen molar-refractivity contribution in [1.29, 1.82) is 0 Å². The van der Waals surface area contributed by atoms with Crippen molar-refractivity contribution in [3.8, 4) is 0 Å². The number of hydrogen-bond acceptors (Lipinski definition) is 0. The molecular weight excluding hydrogens is 163 g/mol. The lowest BCUT2D eigenvalue weighted by Gasteiger charge is -2.03. The van der Waals surface area contributed by atoms with Gasteiger partial charge in [-0.2, -0.15) is 0 Å².